The summed E-state index contributed by atoms with van der Waals surface area (Å²) in [6.45, 7) is 10.9. The number of aliphatic hydroxyl groups excluding tert-OH is 1. The van der Waals surface area contributed by atoms with E-state index in [1.165, 1.54) is 12.5 Å². The summed E-state index contributed by atoms with van der Waals surface area (Å²) in [6, 6.07) is 8.88. The number of rotatable bonds is 7. The van der Waals surface area contributed by atoms with Crippen LogP contribution in [0.2, 0.25) is 0 Å². The monoisotopic (exact) mass is 520 g/mol. The number of fused-ring (bicyclic) bond motifs is 1. The van der Waals surface area contributed by atoms with Crippen molar-refractivity contribution >= 4 is 17.4 Å². The molecular formula is C29H40N6O3. The molecule has 204 valence electrons. The van der Waals surface area contributed by atoms with Crippen LogP contribution in [-0.4, -0.2) is 89.2 Å². The number of carbonyl (C=O) groups is 1. The van der Waals surface area contributed by atoms with Crippen molar-refractivity contribution in [3.05, 3.63) is 53.7 Å². The summed E-state index contributed by atoms with van der Waals surface area (Å²) in [6.07, 6.45) is 5.53. The van der Waals surface area contributed by atoms with E-state index < -0.39 is 0 Å². The highest BCUT2D eigenvalue weighted by molar-refractivity contribution is 5.87. The van der Waals surface area contributed by atoms with Crippen LogP contribution >= 0.6 is 0 Å². The first-order chi connectivity index (χ1) is 18.5. The highest BCUT2D eigenvalue weighted by atomic mass is 16.5. The Kier molecular flexibility index (Phi) is 8.14. The molecule has 0 aliphatic carbocycles. The summed E-state index contributed by atoms with van der Waals surface area (Å²) < 4.78 is 6.26. The van der Waals surface area contributed by atoms with Crippen molar-refractivity contribution in [2.75, 3.05) is 56.2 Å². The number of hydrogen-bond donors (Lipinski definition) is 1. The van der Waals surface area contributed by atoms with Crippen molar-refractivity contribution in [3.8, 4) is 6.01 Å². The highest BCUT2D eigenvalue weighted by Gasteiger charge is 2.31. The van der Waals surface area contributed by atoms with Gasteiger partial charge < -0.3 is 29.4 Å². The number of amides is 1. The number of anilines is 2. The van der Waals surface area contributed by atoms with Gasteiger partial charge in [0, 0.05) is 55.1 Å². The summed E-state index contributed by atoms with van der Waals surface area (Å²) in [4.78, 5) is 31.1. The van der Waals surface area contributed by atoms with E-state index in [4.69, 9.17) is 14.7 Å². The number of nitrogens with zero attached hydrogens (tertiary/aromatic N) is 6. The quantitative estimate of drug-likeness (QED) is 0.558. The Morgan fingerprint density at radius 3 is 2.74 bits per heavy atom. The third kappa shape index (κ3) is 5.49. The molecule has 2 atom stereocenters. The highest BCUT2D eigenvalue weighted by Crippen LogP contribution is 2.33. The molecule has 2 saturated heterocycles. The van der Waals surface area contributed by atoms with E-state index in [0.717, 1.165) is 60.7 Å². The Balaban J connectivity index is 1.46. The molecular weight excluding hydrogens is 480 g/mol. The van der Waals surface area contributed by atoms with Gasteiger partial charge in [0.15, 0.2) is 0 Å². The molecule has 5 rings (SSSR count). The van der Waals surface area contributed by atoms with Crippen molar-refractivity contribution in [2.24, 2.45) is 0 Å². The van der Waals surface area contributed by atoms with Crippen molar-refractivity contribution in [1.29, 1.82) is 0 Å². The first-order valence-corrected chi connectivity index (χ1v) is 13.8. The summed E-state index contributed by atoms with van der Waals surface area (Å²) in [5, 5.41) is 9.95. The number of likely N-dealkylation sites (N-methyl/N-ethyl adjacent to an activating group) is 1. The average Bonchev–Trinajstić information content (AvgIpc) is 3.23. The lowest BCUT2D eigenvalue weighted by atomic mass is 10.1. The molecule has 0 spiro atoms. The molecule has 38 heavy (non-hydrogen) atoms. The second-order valence-electron chi connectivity index (χ2n) is 10.7. The van der Waals surface area contributed by atoms with E-state index in [1.54, 1.807) is 0 Å². The number of benzene rings is 1. The molecule has 0 unspecified atom stereocenters. The van der Waals surface area contributed by atoms with E-state index >= 15 is 0 Å². The predicted octanol–water partition coefficient (Wildman–Crippen LogP) is 2.62. The molecule has 0 radical (unpaired) electrons. The summed E-state index contributed by atoms with van der Waals surface area (Å²) in [7, 11) is 2.15. The maximum Gasteiger partial charge on any atom is 0.318 e. The van der Waals surface area contributed by atoms with Crippen molar-refractivity contribution in [2.45, 2.75) is 57.8 Å². The number of piperazine rings is 1. The molecule has 9 nitrogen and oxygen atoms in total. The van der Waals surface area contributed by atoms with Crippen LogP contribution in [0.1, 0.15) is 43.0 Å². The number of aliphatic hydroxyl groups is 1. The second kappa shape index (κ2) is 11.7. The number of ether oxygens (including phenoxy) is 1. The topological polar surface area (TPSA) is 85.3 Å². The lowest BCUT2D eigenvalue weighted by Gasteiger charge is -2.40. The van der Waals surface area contributed by atoms with Gasteiger partial charge in [-0.05, 0) is 58.3 Å². The molecule has 4 heterocycles. The first kappa shape index (κ1) is 26.4. The van der Waals surface area contributed by atoms with Crippen LogP contribution < -0.4 is 14.5 Å². The number of carbonyl (C=O) groups excluding carboxylic acids is 1. The van der Waals surface area contributed by atoms with Crippen LogP contribution in [0, 0.1) is 0 Å². The van der Waals surface area contributed by atoms with Gasteiger partial charge >= 0.3 is 6.01 Å². The van der Waals surface area contributed by atoms with E-state index in [1.807, 2.05) is 23.1 Å². The Morgan fingerprint density at radius 2 is 2.00 bits per heavy atom. The predicted molar refractivity (Wildman–Crippen MR) is 148 cm³/mol. The average molecular weight is 521 g/mol. The van der Waals surface area contributed by atoms with Gasteiger partial charge in [-0.15, -0.1) is 0 Å². The van der Waals surface area contributed by atoms with E-state index in [0.29, 0.717) is 44.8 Å². The Labute approximate surface area is 225 Å². The largest absolute Gasteiger partial charge is 0.462 e. The van der Waals surface area contributed by atoms with Crippen molar-refractivity contribution in [3.63, 3.8) is 0 Å². The number of para-hydroxylation sites is 1. The SMILES string of the molecule is C=CC(=O)N1CCN(c2nc(OC[C@@H]3CCCN3C)nc3c2CCCN(c2ccccc2CO)C3)C[C@@H]1C. The molecule has 2 aromatic rings. The van der Waals surface area contributed by atoms with Gasteiger partial charge in [0.25, 0.3) is 0 Å². The lowest BCUT2D eigenvalue weighted by Crippen LogP contribution is -2.54. The van der Waals surface area contributed by atoms with E-state index in [9.17, 15) is 9.90 Å². The molecule has 1 N–H and O–H groups in total. The maximum atomic E-state index is 12.3. The third-order valence-corrected chi connectivity index (χ3v) is 8.21. The van der Waals surface area contributed by atoms with Crippen molar-refractivity contribution in [1.82, 2.24) is 19.8 Å². The zero-order chi connectivity index (χ0) is 26.6. The maximum absolute atomic E-state index is 12.3. The van der Waals surface area contributed by atoms with Gasteiger partial charge in [0.05, 0.1) is 18.8 Å². The van der Waals surface area contributed by atoms with Gasteiger partial charge in [0.2, 0.25) is 5.91 Å². The summed E-state index contributed by atoms with van der Waals surface area (Å²) in [5.41, 5.74) is 4.10. The zero-order valence-corrected chi connectivity index (χ0v) is 22.7. The number of aromatic nitrogens is 2. The molecule has 3 aliphatic rings. The van der Waals surface area contributed by atoms with Crippen LogP contribution in [0.3, 0.4) is 0 Å². The molecule has 1 aromatic carbocycles. The minimum absolute atomic E-state index is 0.00339. The fourth-order valence-electron chi connectivity index (χ4n) is 6.03. The fraction of sp³-hybridized carbons (Fsp3) is 0.552. The van der Waals surface area contributed by atoms with Gasteiger partial charge in [-0.1, -0.05) is 24.8 Å². The molecule has 1 amide bonds. The minimum Gasteiger partial charge on any atom is -0.462 e. The smallest absolute Gasteiger partial charge is 0.318 e. The van der Waals surface area contributed by atoms with Crippen LogP contribution in [0.25, 0.3) is 0 Å². The lowest BCUT2D eigenvalue weighted by molar-refractivity contribution is -0.128. The first-order valence-electron chi connectivity index (χ1n) is 13.8. The van der Waals surface area contributed by atoms with Gasteiger partial charge in [0.1, 0.15) is 12.4 Å². The fourth-order valence-corrected chi connectivity index (χ4v) is 6.03. The van der Waals surface area contributed by atoms with Crippen LogP contribution in [-0.2, 0) is 24.4 Å². The zero-order valence-electron chi connectivity index (χ0n) is 22.7. The van der Waals surface area contributed by atoms with Gasteiger partial charge in [-0.25, -0.2) is 0 Å². The van der Waals surface area contributed by atoms with Crippen LogP contribution in [0.5, 0.6) is 6.01 Å². The molecule has 0 saturated carbocycles. The van der Waals surface area contributed by atoms with E-state index in [2.05, 4.69) is 41.3 Å². The van der Waals surface area contributed by atoms with Gasteiger partial charge in [-0.2, -0.15) is 9.97 Å². The number of hydrogen-bond acceptors (Lipinski definition) is 8. The third-order valence-electron chi connectivity index (χ3n) is 8.21. The standard InChI is InChI=1S/C29H40N6O3/c1-4-27(37)35-16-15-34(17-21(35)2)28-24-11-8-14-33(26-12-6-5-9-22(26)19-36)18-25(24)30-29(31-28)38-20-23-10-7-13-32(23)3/h4-6,9,12,21,23,36H,1,7-8,10-11,13-20H2,2-3H3/t21-,23-/m0/s1. The normalized spacial score (nSPS) is 22.2. The summed E-state index contributed by atoms with van der Waals surface area (Å²) in [5.74, 6) is 0.904. The number of likely N-dealkylation sites (tertiary alicyclic amines) is 1. The van der Waals surface area contributed by atoms with Gasteiger partial charge in [-0.3, -0.25) is 4.79 Å². The Bertz CT molecular complexity index is 1160. The van der Waals surface area contributed by atoms with Crippen LogP contribution in [0.4, 0.5) is 11.5 Å². The summed E-state index contributed by atoms with van der Waals surface area (Å²) >= 11 is 0. The minimum atomic E-state index is -0.0263. The van der Waals surface area contributed by atoms with E-state index in [-0.39, 0.29) is 18.6 Å². The molecule has 3 aliphatic heterocycles. The Morgan fingerprint density at radius 1 is 1.16 bits per heavy atom. The molecule has 0 bridgehead atoms. The van der Waals surface area contributed by atoms with Crippen LogP contribution in [0.15, 0.2) is 36.9 Å². The second-order valence-corrected chi connectivity index (χ2v) is 10.7. The van der Waals surface area contributed by atoms with Crippen molar-refractivity contribution < 1.29 is 14.6 Å². The molecule has 9 heteroatoms. The Hall–Kier alpha value is -3.17. The molecule has 2 fully saturated rings. The molecule has 1 aromatic heterocycles.